The molecule has 2 aromatic rings. The van der Waals surface area contributed by atoms with E-state index in [-0.39, 0.29) is 12.0 Å². The Kier molecular flexibility index (Phi) is 2.85. The van der Waals surface area contributed by atoms with Crippen LogP contribution in [0.2, 0.25) is 0 Å². The lowest BCUT2D eigenvalue weighted by atomic mass is 10.2. The van der Waals surface area contributed by atoms with Crippen LogP contribution in [0.4, 0.5) is 4.39 Å². The third-order valence-electron chi connectivity index (χ3n) is 1.85. The van der Waals surface area contributed by atoms with E-state index in [0.29, 0.717) is 11.3 Å². The maximum Gasteiger partial charge on any atom is 0.247 e. The molecule has 0 amide bonds. The first-order valence-electron chi connectivity index (χ1n) is 4.89. The molecule has 0 aliphatic rings. The highest BCUT2D eigenvalue weighted by Gasteiger charge is 2.08. The van der Waals surface area contributed by atoms with Gasteiger partial charge in [0.15, 0.2) is 0 Å². The summed E-state index contributed by atoms with van der Waals surface area (Å²) in [6, 6.07) is 4.30. The molecule has 0 spiro atoms. The molecule has 0 radical (unpaired) electrons. The summed E-state index contributed by atoms with van der Waals surface area (Å²) in [7, 11) is 0. The zero-order chi connectivity index (χ0) is 11.5. The normalized spacial score (nSPS) is 10.8. The maximum absolute atomic E-state index is 13.3. The Bertz CT molecular complexity index is 469. The fourth-order valence-corrected chi connectivity index (χ4v) is 1.33. The number of benzene rings is 1. The van der Waals surface area contributed by atoms with E-state index in [4.69, 9.17) is 9.15 Å². The van der Waals surface area contributed by atoms with Gasteiger partial charge in [-0.1, -0.05) is 0 Å². The molecular formula is C11H11FN2O2. The summed E-state index contributed by atoms with van der Waals surface area (Å²) < 4.78 is 23.7. The van der Waals surface area contributed by atoms with Gasteiger partial charge in [0.2, 0.25) is 12.3 Å². The van der Waals surface area contributed by atoms with Gasteiger partial charge in [0.05, 0.1) is 6.10 Å². The first-order valence-corrected chi connectivity index (χ1v) is 4.89. The van der Waals surface area contributed by atoms with Gasteiger partial charge in [0.25, 0.3) is 0 Å². The molecule has 1 aromatic carbocycles. The van der Waals surface area contributed by atoms with Crippen LogP contribution < -0.4 is 4.74 Å². The number of nitrogens with zero attached hydrogens (tertiary/aromatic N) is 2. The molecule has 0 saturated carbocycles. The zero-order valence-electron chi connectivity index (χ0n) is 8.98. The topological polar surface area (TPSA) is 48.2 Å². The van der Waals surface area contributed by atoms with Crippen molar-refractivity contribution in [2.75, 3.05) is 0 Å². The van der Waals surface area contributed by atoms with Crippen molar-refractivity contribution in [2.24, 2.45) is 0 Å². The van der Waals surface area contributed by atoms with Gasteiger partial charge >= 0.3 is 0 Å². The minimum atomic E-state index is -0.397. The molecule has 1 heterocycles. The Morgan fingerprint density at radius 2 is 2.12 bits per heavy atom. The largest absolute Gasteiger partial charge is 0.491 e. The van der Waals surface area contributed by atoms with Crippen LogP contribution in [0.3, 0.4) is 0 Å². The molecule has 1 aromatic heterocycles. The average molecular weight is 222 g/mol. The number of rotatable bonds is 3. The second-order valence-corrected chi connectivity index (χ2v) is 3.59. The van der Waals surface area contributed by atoms with E-state index in [1.807, 2.05) is 13.8 Å². The Morgan fingerprint density at radius 3 is 2.75 bits per heavy atom. The molecule has 4 nitrogen and oxygen atoms in total. The third kappa shape index (κ3) is 2.36. The fraction of sp³-hybridized carbons (Fsp3) is 0.273. The Hall–Kier alpha value is -1.91. The van der Waals surface area contributed by atoms with Crippen molar-refractivity contribution in [3.8, 4) is 17.2 Å². The summed E-state index contributed by atoms with van der Waals surface area (Å²) in [4.78, 5) is 0. The molecule has 0 aliphatic carbocycles. The molecule has 0 atom stereocenters. The van der Waals surface area contributed by atoms with Gasteiger partial charge in [0.1, 0.15) is 11.6 Å². The van der Waals surface area contributed by atoms with Crippen molar-refractivity contribution in [3.05, 3.63) is 30.4 Å². The van der Waals surface area contributed by atoms with Gasteiger partial charge < -0.3 is 9.15 Å². The van der Waals surface area contributed by atoms with Crippen molar-refractivity contribution < 1.29 is 13.5 Å². The fourth-order valence-electron chi connectivity index (χ4n) is 1.33. The van der Waals surface area contributed by atoms with E-state index < -0.39 is 5.82 Å². The molecule has 0 aliphatic heterocycles. The van der Waals surface area contributed by atoms with Crippen molar-refractivity contribution in [3.63, 3.8) is 0 Å². The summed E-state index contributed by atoms with van der Waals surface area (Å²) >= 11 is 0. The van der Waals surface area contributed by atoms with Crippen LogP contribution in [0, 0.1) is 5.82 Å². The second-order valence-electron chi connectivity index (χ2n) is 3.59. The maximum atomic E-state index is 13.3. The monoisotopic (exact) mass is 222 g/mol. The van der Waals surface area contributed by atoms with Gasteiger partial charge in [-0.25, -0.2) is 4.39 Å². The molecular weight excluding hydrogens is 211 g/mol. The smallest absolute Gasteiger partial charge is 0.247 e. The molecule has 0 bridgehead atoms. The van der Waals surface area contributed by atoms with E-state index in [1.54, 1.807) is 6.07 Å². The van der Waals surface area contributed by atoms with Gasteiger partial charge in [-0.05, 0) is 26.0 Å². The average Bonchev–Trinajstić information content (AvgIpc) is 2.67. The quantitative estimate of drug-likeness (QED) is 0.801. The van der Waals surface area contributed by atoms with Crippen molar-refractivity contribution in [1.82, 2.24) is 10.2 Å². The summed E-state index contributed by atoms with van der Waals surface area (Å²) in [5, 5.41) is 7.25. The standard InChI is InChI=1S/C11H11FN2O2/c1-7(2)16-10-4-8(3-9(12)5-10)11-14-13-6-15-11/h3-7H,1-2H3. The highest BCUT2D eigenvalue weighted by atomic mass is 19.1. The Labute approximate surface area is 92.1 Å². The molecule has 84 valence electrons. The number of halogens is 1. The minimum absolute atomic E-state index is 0.0164. The molecule has 0 unspecified atom stereocenters. The summed E-state index contributed by atoms with van der Waals surface area (Å²) in [6.07, 6.45) is 1.18. The van der Waals surface area contributed by atoms with Gasteiger partial charge in [0, 0.05) is 11.6 Å². The van der Waals surface area contributed by atoms with Gasteiger partial charge in [-0.15, -0.1) is 10.2 Å². The van der Waals surface area contributed by atoms with Gasteiger partial charge in [-0.2, -0.15) is 0 Å². The lowest BCUT2D eigenvalue weighted by Crippen LogP contribution is -2.05. The zero-order valence-corrected chi connectivity index (χ0v) is 8.98. The molecule has 0 N–H and O–H groups in total. The predicted octanol–water partition coefficient (Wildman–Crippen LogP) is 2.66. The highest BCUT2D eigenvalue weighted by Crippen LogP contribution is 2.24. The number of hydrogen-bond donors (Lipinski definition) is 0. The van der Waals surface area contributed by atoms with Crippen LogP contribution in [-0.4, -0.2) is 16.3 Å². The predicted molar refractivity (Wildman–Crippen MR) is 55.5 cm³/mol. The van der Waals surface area contributed by atoms with Crippen molar-refractivity contribution in [2.45, 2.75) is 20.0 Å². The molecule has 2 rings (SSSR count). The van der Waals surface area contributed by atoms with Crippen LogP contribution in [-0.2, 0) is 0 Å². The minimum Gasteiger partial charge on any atom is -0.491 e. The molecule has 0 fully saturated rings. The molecule has 16 heavy (non-hydrogen) atoms. The van der Waals surface area contributed by atoms with Crippen molar-refractivity contribution >= 4 is 0 Å². The van der Waals surface area contributed by atoms with E-state index in [9.17, 15) is 4.39 Å². The first kappa shape index (κ1) is 10.6. The number of ether oxygens (including phenoxy) is 1. The Balaban J connectivity index is 2.36. The lowest BCUT2D eigenvalue weighted by Gasteiger charge is -2.10. The van der Waals surface area contributed by atoms with Crippen LogP contribution in [0.5, 0.6) is 5.75 Å². The summed E-state index contributed by atoms with van der Waals surface area (Å²) in [5.74, 6) is 0.322. The van der Waals surface area contributed by atoms with Gasteiger partial charge in [-0.3, -0.25) is 0 Å². The Morgan fingerprint density at radius 1 is 1.31 bits per heavy atom. The summed E-state index contributed by atoms with van der Waals surface area (Å²) in [5.41, 5.74) is 0.508. The van der Waals surface area contributed by atoms with Crippen molar-refractivity contribution in [1.29, 1.82) is 0 Å². The third-order valence-corrected chi connectivity index (χ3v) is 1.85. The summed E-state index contributed by atoms with van der Waals surface area (Å²) in [6.45, 7) is 3.74. The van der Waals surface area contributed by atoms with E-state index in [0.717, 1.165) is 0 Å². The molecule has 0 saturated heterocycles. The van der Waals surface area contributed by atoms with E-state index in [1.165, 1.54) is 18.5 Å². The van der Waals surface area contributed by atoms with Crippen LogP contribution >= 0.6 is 0 Å². The lowest BCUT2D eigenvalue weighted by molar-refractivity contribution is 0.241. The second kappa shape index (κ2) is 4.30. The SMILES string of the molecule is CC(C)Oc1cc(F)cc(-c2nnco2)c1. The first-order chi connectivity index (χ1) is 7.65. The van der Waals surface area contributed by atoms with Crippen LogP contribution in [0.15, 0.2) is 29.0 Å². The highest BCUT2D eigenvalue weighted by molar-refractivity contribution is 5.55. The van der Waals surface area contributed by atoms with Crippen LogP contribution in [0.25, 0.3) is 11.5 Å². The molecule has 5 heteroatoms. The number of hydrogen-bond acceptors (Lipinski definition) is 4. The van der Waals surface area contributed by atoms with E-state index in [2.05, 4.69) is 10.2 Å². The van der Waals surface area contributed by atoms with Crippen LogP contribution in [0.1, 0.15) is 13.8 Å². The van der Waals surface area contributed by atoms with E-state index >= 15 is 0 Å². The number of aromatic nitrogens is 2.